The monoisotopic (exact) mass is 435 g/mol. The summed E-state index contributed by atoms with van der Waals surface area (Å²) >= 11 is 5.89. The molecule has 2 aromatic rings. The molecule has 1 aliphatic heterocycles. The molecule has 1 aliphatic rings. The fraction of sp³-hybridized carbons (Fsp3) is 0.300. The first-order chi connectivity index (χ1) is 13.6. The van der Waals surface area contributed by atoms with Crippen LogP contribution in [0.5, 0.6) is 0 Å². The number of likely N-dealkylation sites (N-methyl/N-ethyl adjacent to an activating group) is 1. The molecular formula is C20H22ClN3O4S. The molecule has 29 heavy (non-hydrogen) atoms. The Bertz CT molecular complexity index is 1070. The van der Waals surface area contributed by atoms with Gasteiger partial charge in [0.2, 0.25) is 21.8 Å². The van der Waals surface area contributed by atoms with Gasteiger partial charge in [0.15, 0.2) is 0 Å². The molecule has 0 unspecified atom stereocenters. The maximum absolute atomic E-state index is 12.9. The predicted octanol–water partition coefficient (Wildman–Crippen LogP) is 2.90. The maximum Gasteiger partial charge on any atom is 0.243 e. The molecule has 3 rings (SSSR count). The Kier molecular flexibility index (Phi) is 5.97. The van der Waals surface area contributed by atoms with Gasteiger partial charge >= 0.3 is 0 Å². The molecule has 2 amide bonds. The number of hydrogen-bond acceptors (Lipinski definition) is 4. The Balaban J connectivity index is 1.76. The van der Waals surface area contributed by atoms with E-state index in [-0.39, 0.29) is 23.4 Å². The average molecular weight is 436 g/mol. The molecule has 7 nitrogen and oxygen atoms in total. The molecule has 0 bridgehead atoms. The van der Waals surface area contributed by atoms with Crippen LogP contribution >= 0.6 is 11.6 Å². The molecule has 0 saturated carbocycles. The lowest BCUT2D eigenvalue weighted by atomic mass is 10.1. The second kappa shape index (κ2) is 8.14. The van der Waals surface area contributed by atoms with Gasteiger partial charge in [-0.25, -0.2) is 8.42 Å². The number of carbonyl (C=O) groups excluding carboxylic acids is 2. The van der Waals surface area contributed by atoms with Crippen molar-refractivity contribution in [3.63, 3.8) is 0 Å². The van der Waals surface area contributed by atoms with Crippen LogP contribution in [0.2, 0.25) is 5.02 Å². The molecule has 0 aromatic heterocycles. The third kappa shape index (κ3) is 4.44. The molecule has 0 aliphatic carbocycles. The zero-order valence-electron chi connectivity index (χ0n) is 16.3. The van der Waals surface area contributed by atoms with Crippen LogP contribution in [0, 0.1) is 0 Å². The van der Waals surface area contributed by atoms with Crippen LogP contribution in [0.25, 0.3) is 0 Å². The zero-order chi connectivity index (χ0) is 21.3. The third-order valence-corrected chi connectivity index (χ3v) is 6.82. The Morgan fingerprint density at radius 3 is 2.62 bits per heavy atom. The smallest absolute Gasteiger partial charge is 0.243 e. The van der Waals surface area contributed by atoms with E-state index in [1.165, 1.54) is 20.0 Å². The largest absolute Gasteiger partial charge is 0.325 e. The van der Waals surface area contributed by atoms with Crippen LogP contribution in [-0.4, -0.2) is 44.2 Å². The number of hydrogen-bond donors (Lipinski definition) is 1. The second-order valence-corrected chi connectivity index (χ2v) is 9.53. The minimum atomic E-state index is -3.87. The minimum Gasteiger partial charge on any atom is -0.325 e. The minimum absolute atomic E-state index is 0.0262. The van der Waals surface area contributed by atoms with E-state index in [2.05, 4.69) is 5.32 Å². The highest BCUT2D eigenvalue weighted by atomic mass is 35.5. The SMILES string of the molecule is CC(=O)N1c2ccc(S(=O)(=O)N(C)CC(=O)Nc3cccc(Cl)c3)cc2C[C@H]1C. The van der Waals surface area contributed by atoms with E-state index < -0.39 is 15.9 Å². The fourth-order valence-electron chi connectivity index (χ4n) is 3.48. The highest BCUT2D eigenvalue weighted by molar-refractivity contribution is 7.89. The van der Waals surface area contributed by atoms with Crippen molar-refractivity contribution in [2.75, 3.05) is 23.8 Å². The summed E-state index contributed by atoms with van der Waals surface area (Å²) < 4.78 is 26.8. The van der Waals surface area contributed by atoms with Crippen LogP contribution in [0.3, 0.4) is 0 Å². The number of anilines is 2. The van der Waals surface area contributed by atoms with Gasteiger partial charge in [-0.05, 0) is 55.3 Å². The number of sulfonamides is 1. The van der Waals surface area contributed by atoms with Crippen LogP contribution in [0.4, 0.5) is 11.4 Å². The lowest BCUT2D eigenvalue weighted by molar-refractivity contribution is -0.117. The fourth-order valence-corrected chi connectivity index (χ4v) is 4.85. The van der Waals surface area contributed by atoms with E-state index in [1.54, 1.807) is 41.3 Å². The average Bonchev–Trinajstić information content (AvgIpc) is 2.96. The topological polar surface area (TPSA) is 86.8 Å². The number of fused-ring (bicyclic) bond motifs is 1. The standard InChI is InChI=1S/C20H22ClN3O4S/c1-13-9-15-10-18(7-8-19(15)24(13)14(2)25)29(27,28)23(3)12-20(26)22-17-6-4-5-16(21)11-17/h4-8,10-11,13H,9,12H2,1-3H3,(H,22,26)/t13-/m1/s1. The first-order valence-electron chi connectivity index (χ1n) is 9.04. The van der Waals surface area contributed by atoms with E-state index in [4.69, 9.17) is 11.6 Å². The van der Waals surface area contributed by atoms with Gasteiger partial charge in [-0.15, -0.1) is 0 Å². The number of halogens is 1. The van der Waals surface area contributed by atoms with Gasteiger partial charge in [0, 0.05) is 36.4 Å². The number of amides is 2. The summed E-state index contributed by atoms with van der Waals surface area (Å²) in [7, 11) is -2.52. The van der Waals surface area contributed by atoms with Crippen LogP contribution in [-0.2, 0) is 26.0 Å². The molecule has 1 N–H and O–H groups in total. The second-order valence-electron chi connectivity index (χ2n) is 7.05. The van der Waals surface area contributed by atoms with Crippen molar-refractivity contribution in [2.45, 2.75) is 31.2 Å². The molecule has 154 valence electrons. The van der Waals surface area contributed by atoms with E-state index in [9.17, 15) is 18.0 Å². The van der Waals surface area contributed by atoms with Crippen molar-refractivity contribution in [1.29, 1.82) is 0 Å². The van der Waals surface area contributed by atoms with E-state index in [0.29, 0.717) is 17.1 Å². The van der Waals surface area contributed by atoms with Crippen LogP contribution in [0.1, 0.15) is 19.4 Å². The predicted molar refractivity (Wildman–Crippen MR) is 113 cm³/mol. The summed E-state index contributed by atoms with van der Waals surface area (Å²) in [6.07, 6.45) is 0.581. The van der Waals surface area contributed by atoms with Gasteiger partial charge < -0.3 is 10.2 Å². The lowest BCUT2D eigenvalue weighted by Gasteiger charge is -2.21. The first kappa shape index (κ1) is 21.3. The van der Waals surface area contributed by atoms with Crippen molar-refractivity contribution in [1.82, 2.24) is 4.31 Å². The van der Waals surface area contributed by atoms with Crippen molar-refractivity contribution >= 4 is 44.8 Å². The number of rotatable bonds is 5. The number of nitrogens with one attached hydrogen (secondary N) is 1. The first-order valence-corrected chi connectivity index (χ1v) is 10.9. The molecule has 9 heteroatoms. The van der Waals surface area contributed by atoms with Gasteiger partial charge in [0.25, 0.3) is 0 Å². The lowest BCUT2D eigenvalue weighted by Crippen LogP contribution is -2.35. The zero-order valence-corrected chi connectivity index (χ0v) is 17.9. The van der Waals surface area contributed by atoms with Crippen LogP contribution < -0.4 is 10.2 Å². The van der Waals surface area contributed by atoms with Gasteiger partial charge in [-0.3, -0.25) is 9.59 Å². The Morgan fingerprint density at radius 2 is 1.97 bits per heavy atom. The van der Waals surface area contributed by atoms with Crippen molar-refractivity contribution in [3.8, 4) is 0 Å². The summed E-state index contributed by atoms with van der Waals surface area (Å²) in [6, 6.07) is 11.3. The molecular weight excluding hydrogens is 414 g/mol. The maximum atomic E-state index is 12.9. The summed E-state index contributed by atoms with van der Waals surface area (Å²) in [6.45, 7) is 3.06. The summed E-state index contributed by atoms with van der Waals surface area (Å²) in [5.41, 5.74) is 2.01. The van der Waals surface area contributed by atoms with Gasteiger partial charge in [0.05, 0.1) is 11.4 Å². The Labute approximate surface area is 175 Å². The summed E-state index contributed by atoms with van der Waals surface area (Å²) in [4.78, 5) is 25.9. The summed E-state index contributed by atoms with van der Waals surface area (Å²) in [5, 5.41) is 3.10. The van der Waals surface area contributed by atoms with Gasteiger partial charge in [-0.1, -0.05) is 17.7 Å². The molecule has 0 radical (unpaired) electrons. The molecule has 0 saturated heterocycles. The Hall–Kier alpha value is -2.42. The van der Waals surface area contributed by atoms with Crippen molar-refractivity contribution in [2.24, 2.45) is 0 Å². The molecule has 0 fully saturated rings. The normalized spacial score (nSPS) is 16.0. The number of carbonyl (C=O) groups is 2. The highest BCUT2D eigenvalue weighted by Crippen LogP contribution is 2.34. The molecule has 1 heterocycles. The van der Waals surface area contributed by atoms with Crippen molar-refractivity contribution in [3.05, 3.63) is 53.1 Å². The number of benzene rings is 2. The van der Waals surface area contributed by atoms with E-state index in [1.807, 2.05) is 6.92 Å². The molecule has 1 atom stereocenters. The van der Waals surface area contributed by atoms with E-state index in [0.717, 1.165) is 15.6 Å². The van der Waals surface area contributed by atoms with E-state index >= 15 is 0 Å². The third-order valence-electron chi connectivity index (χ3n) is 4.79. The highest BCUT2D eigenvalue weighted by Gasteiger charge is 2.31. The number of nitrogens with zero attached hydrogens (tertiary/aromatic N) is 2. The van der Waals surface area contributed by atoms with Gasteiger partial charge in [-0.2, -0.15) is 4.31 Å². The molecule has 0 spiro atoms. The van der Waals surface area contributed by atoms with Crippen LogP contribution in [0.15, 0.2) is 47.4 Å². The van der Waals surface area contributed by atoms with Crippen molar-refractivity contribution < 1.29 is 18.0 Å². The quantitative estimate of drug-likeness (QED) is 0.782. The molecule has 2 aromatic carbocycles. The van der Waals surface area contributed by atoms with Gasteiger partial charge in [0.1, 0.15) is 0 Å². The Morgan fingerprint density at radius 1 is 1.24 bits per heavy atom. The summed E-state index contributed by atoms with van der Waals surface area (Å²) in [5.74, 6) is -0.558.